The molecule has 0 bridgehead atoms. The summed E-state index contributed by atoms with van der Waals surface area (Å²) in [4.78, 5) is 6.18. The average Bonchev–Trinajstić information content (AvgIpc) is 2.54. The molecular formula is C16H41ClN4O4. The van der Waals surface area contributed by atoms with Crippen molar-refractivity contribution in [2.45, 2.75) is 0 Å². The lowest BCUT2D eigenvalue weighted by Gasteiger charge is -2.21. The molecule has 0 heterocycles. The van der Waals surface area contributed by atoms with Crippen LogP contribution in [0.2, 0.25) is 0 Å². The first-order valence-electron chi connectivity index (χ1n) is 8.61. The fourth-order valence-electron chi connectivity index (χ4n) is 1.41. The number of rotatable bonds is 13. The molecule has 0 aromatic carbocycles. The molecule has 9 heteroatoms. The van der Waals surface area contributed by atoms with E-state index in [1.165, 1.54) is 0 Å². The Morgan fingerprint density at radius 2 is 1.08 bits per heavy atom. The van der Waals surface area contributed by atoms with Gasteiger partial charge in [0.1, 0.15) is 0 Å². The molecular weight excluding hydrogens is 348 g/mol. The fraction of sp³-hybridized carbons (Fsp3) is 1.00. The summed E-state index contributed by atoms with van der Waals surface area (Å²) in [6.07, 6.45) is 0. The van der Waals surface area contributed by atoms with Crippen LogP contribution in [-0.2, 0) is 0 Å². The van der Waals surface area contributed by atoms with Gasteiger partial charge in [-0.15, -0.1) is 11.6 Å². The molecule has 0 aromatic rings. The third-order valence-corrected chi connectivity index (χ3v) is 2.97. The van der Waals surface area contributed by atoms with Gasteiger partial charge in [0.15, 0.2) is 0 Å². The van der Waals surface area contributed by atoms with Crippen molar-refractivity contribution in [2.24, 2.45) is 0 Å². The number of aliphatic hydroxyl groups excluding tert-OH is 4. The van der Waals surface area contributed by atoms with Crippen LogP contribution in [0.15, 0.2) is 0 Å². The number of hydrogen-bond acceptors (Lipinski definition) is 8. The van der Waals surface area contributed by atoms with Crippen molar-refractivity contribution < 1.29 is 20.4 Å². The third kappa shape index (κ3) is 35.8. The Kier molecular flexibility index (Phi) is 31.2. The van der Waals surface area contributed by atoms with E-state index in [2.05, 4.69) is 10.2 Å². The van der Waals surface area contributed by atoms with Crippen molar-refractivity contribution in [3.63, 3.8) is 0 Å². The van der Waals surface area contributed by atoms with Crippen LogP contribution < -0.4 is 5.32 Å². The van der Waals surface area contributed by atoms with Crippen molar-refractivity contribution in [3.05, 3.63) is 0 Å². The van der Waals surface area contributed by atoms with E-state index in [0.29, 0.717) is 26.2 Å². The molecule has 0 aliphatic rings. The monoisotopic (exact) mass is 388 g/mol. The summed E-state index contributed by atoms with van der Waals surface area (Å²) in [6, 6.07) is 0. The van der Waals surface area contributed by atoms with Gasteiger partial charge >= 0.3 is 0 Å². The molecule has 0 unspecified atom stereocenters. The van der Waals surface area contributed by atoms with Gasteiger partial charge in [-0.25, -0.2) is 0 Å². The van der Waals surface area contributed by atoms with E-state index in [4.69, 9.17) is 32.0 Å². The van der Waals surface area contributed by atoms with Crippen LogP contribution >= 0.6 is 11.6 Å². The maximum absolute atomic E-state index is 8.69. The topological polar surface area (TPSA) is 103 Å². The Hall–Kier alpha value is -0.0300. The second kappa shape index (κ2) is 26.2. The Morgan fingerprint density at radius 3 is 1.32 bits per heavy atom. The van der Waals surface area contributed by atoms with Gasteiger partial charge in [-0.1, -0.05) is 0 Å². The highest BCUT2D eigenvalue weighted by molar-refractivity contribution is 6.18. The van der Waals surface area contributed by atoms with E-state index in [0.717, 1.165) is 25.5 Å². The molecule has 0 saturated carbocycles. The Labute approximate surface area is 159 Å². The first kappa shape index (κ1) is 29.7. The van der Waals surface area contributed by atoms with Crippen LogP contribution in [0.1, 0.15) is 0 Å². The normalized spacial score (nSPS) is 10.6. The molecule has 25 heavy (non-hydrogen) atoms. The highest BCUT2D eigenvalue weighted by Gasteiger charge is 2.02. The van der Waals surface area contributed by atoms with Crippen molar-refractivity contribution in [2.75, 3.05) is 106 Å². The number of nitrogens with zero attached hydrogens (tertiary/aromatic N) is 3. The van der Waals surface area contributed by atoms with E-state index in [1.54, 1.807) is 0 Å². The first-order chi connectivity index (χ1) is 11.9. The zero-order valence-electron chi connectivity index (χ0n) is 16.5. The number of likely N-dealkylation sites (N-methyl/N-ethyl adjacent to an activating group) is 1. The highest BCUT2D eigenvalue weighted by atomic mass is 35.5. The minimum atomic E-state index is 0.139. The average molecular weight is 389 g/mol. The van der Waals surface area contributed by atoms with Crippen molar-refractivity contribution >= 4 is 11.6 Å². The number of hydrogen-bond donors (Lipinski definition) is 5. The Balaban J connectivity index is -0.000000317. The molecule has 0 radical (unpaired) electrons. The highest BCUT2D eigenvalue weighted by Crippen LogP contribution is 1.87. The Morgan fingerprint density at radius 1 is 0.640 bits per heavy atom. The summed E-state index contributed by atoms with van der Waals surface area (Å²) < 4.78 is 0. The number of halogens is 1. The van der Waals surface area contributed by atoms with E-state index >= 15 is 0 Å². The van der Waals surface area contributed by atoms with Crippen LogP contribution in [0.3, 0.4) is 0 Å². The predicted molar refractivity (Wildman–Crippen MR) is 105 cm³/mol. The summed E-state index contributed by atoms with van der Waals surface area (Å²) in [5, 5.41) is 36.5. The second-order valence-electron chi connectivity index (χ2n) is 5.78. The minimum Gasteiger partial charge on any atom is -0.395 e. The van der Waals surface area contributed by atoms with E-state index in [-0.39, 0.29) is 26.4 Å². The zero-order valence-corrected chi connectivity index (χ0v) is 17.2. The van der Waals surface area contributed by atoms with Crippen LogP contribution in [0.25, 0.3) is 0 Å². The molecule has 5 N–H and O–H groups in total. The molecule has 0 spiro atoms. The predicted octanol–water partition coefficient (Wildman–Crippen LogP) is -1.82. The molecule has 156 valence electrons. The van der Waals surface area contributed by atoms with Gasteiger partial charge in [0.05, 0.1) is 26.4 Å². The molecule has 8 nitrogen and oxygen atoms in total. The maximum Gasteiger partial charge on any atom is 0.0558 e. The zero-order chi connectivity index (χ0) is 19.9. The molecule has 0 fully saturated rings. The number of nitrogens with one attached hydrogen (secondary N) is 1. The fourth-order valence-corrected chi connectivity index (χ4v) is 1.75. The molecule has 0 aliphatic heterocycles. The second-order valence-corrected chi connectivity index (χ2v) is 6.16. The quantitative estimate of drug-likeness (QED) is 0.186. The number of aliphatic hydroxyl groups is 4. The van der Waals surface area contributed by atoms with Gasteiger partial charge in [-0.05, 0) is 28.2 Å². The van der Waals surface area contributed by atoms with Gasteiger partial charge in [-0.2, -0.15) is 0 Å². The van der Waals surface area contributed by atoms with E-state index in [9.17, 15) is 0 Å². The Bertz CT molecular complexity index is 218. The SMILES string of the molecule is CN(C)CCCl.CN(C)CCN(CCO)CCO.OCCNCCO. The van der Waals surface area contributed by atoms with Gasteiger partial charge in [0, 0.05) is 51.7 Å². The van der Waals surface area contributed by atoms with Gasteiger partial charge in [0.2, 0.25) is 0 Å². The van der Waals surface area contributed by atoms with Crippen LogP contribution in [0, 0.1) is 0 Å². The van der Waals surface area contributed by atoms with Gasteiger partial charge in [-0.3, -0.25) is 4.90 Å². The molecule has 0 amide bonds. The van der Waals surface area contributed by atoms with E-state index < -0.39 is 0 Å². The van der Waals surface area contributed by atoms with Crippen LogP contribution in [0.4, 0.5) is 0 Å². The van der Waals surface area contributed by atoms with Crippen molar-refractivity contribution in [1.29, 1.82) is 0 Å². The molecule has 0 atom stereocenters. The minimum absolute atomic E-state index is 0.139. The van der Waals surface area contributed by atoms with E-state index in [1.807, 2.05) is 38.0 Å². The smallest absolute Gasteiger partial charge is 0.0558 e. The standard InChI is InChI=1S/C8H20N2O2.C4H10ClN.C4H11NO2/c1-9(2)3-4-10(5-7-11)6-8-12;1-6(2)4-3-5;6-3-1-5-2-4-7/h11-12H,3-8H2,1-2H3;3-4H2,1-2H3;5-7H,1-4H2. The van der Waals surface area contributed by atoms with Gasteiger partial charge in [0.25, 0.3) is 0 Å². The summed E-state index contributed by atoms with van der Waals surface area (Å²) in [7, 11) is 8.02. The summed E-state index contributed by atoms with van der Waals surface area (Å²) >= 11 is 5.35. The van der Waals surface area contributed by atoms with Crippen LogP contribution in [0.5, 0.6) is 0 Å². The lowest BCUT2D eigenvalue weighted by Crippen LogP contribution is -2.35. The number of alkyl halides is 1. The molecule has 0 rings (SSSR count). The first-order valence-corrected chi connectivity index (χ1v) is 9.14. The third-order valence-electron chi connectivity index (χ3n) is 2.80. The molecule has 0 aromatic heterocycles. The lowest BCUT2D eigenvalue weighted by molar-refractivity contribution is 0.152. The van der Waals surface area contributed by atoms with Gasteiger partial charge < -0.3 is 35.5 Å². The maximum atomic E-state index is 8.69. The molecule has 0 aliphatic carbocycles. The molecule has 0 saturated heterocycles. The largest absolute Gasteiger partial charge is 0.395 e. The lowest BCUT2D eigenvalue weighted by atomic mass is 10.4. The van der Waals surface area contributed by atoms with Crippen molar-refractivity contribution in [3.8, 4) is 0 Å². The summed E-state index contributed by atoms with van der Waals surface area (Å²) in [6.45, 7) is 5.86. The summed E-state index contributed by atoms with van der Waals surface area (Å²) in [5.74, 6) is 0.729. The van der Waals surface area contributed by atoms with Crippen LogP contribution in [-0.4, -0.2) is 141 Å². The summed E-state index contributed by atoms with van der Waals surface area (Å²) in [5.41, 5.74) is 0. The van der Waals surface area contributed by atoms with Crippen molar-refractivity contribution in [1.82, 2.24) is 20.0 Å².